The first-order chi connectivity index (χ1) is 13.7. The molecule has 0 fully saturated rings. The Morgan fingerprint density at radius 3 is 2.48 bits per heavy atom. The minimum absolute atomic E-state index is 0. The molecule has 0 saturated heterocycles. The van der Waals surface area contributed by atoms with Gasteiger partial charge < -0.3 is 10.1 Å². The quantitative estimate of drug-likeness (QED) is 0.339. The van der Waals surface area contributed by atoms with E-state index in [9.17, 15) is 4.79 Å². The third-order valence-corrected chi connectivity index (χ3v) is 4.65. The number of hydrogen-bond donors (Lipinski definition) is 1. The first-order valence-corrected chi connectivity index (χ1v) is 9.26. The summed E-state index contributed by atoms with van der Waals surface area (Å²) < 4.78 is 0. The van der Waals surface area contributed by atoms with E-state index in [-0.39, 0.29) is 25.8 Å². The number of carboxylic acids is 1. The van der Waals surface area contributed by atoms with E-state index >= 15 is 0 Å². The van der Waals surface area contributed by atoms with Crippen molar-refractivity contribution in [1.82, 2.24) is 9.97 Å². The molecule has 4 rings (SSSR count). The molecule has 1 radical (unpaired) electrons. The maximum atomic E-state index is 11.1. The van der Waals surface area contributed by atoms with Crippen LogP contribution in [-0.4, -0.2) is 21.0 Å². The SMILES string of the molecule is O=C(O)c1cccc(CCCc2cc3ccccc3c(-c3[c-]cccc3)n2)n1.[Ir]. The van der Waals surface area contributed by atoms with Gasteiger partial charge in [-0.25, -0.2) is 9.78 Å². The molecule has 0 aliphatic carbocycles. The van der Waals surface area contributed by atoms with Gasteiger partial charge in [0, 0.05) is 31.5 Å². The second-order valence-corrected chi connectivity index (χ2v) is 6.63. The summed E-state index contributed by atoms with van der Waals surface area (Å²) in [6.07, 6.45) is 2.35. The smallest absolute Gasteiger partial charge is 0.354 e. The van der Waals surface area contributed by atoms with Crippen molar-refractivity contribution >= 4 is 16.7 Å². The van der Waals surface area contributed by atoms with Crippen LogP contribution >= 0.6 is 0 Å². The molecule has 0 aliphatic heterocycles. The van der Waals surface area contributed by atoms with E-state index in [1.807, 2.05) is 42.5 Å². The van der Waals surface area contributed by atoms with Gasteiger partial charge in [0.15, 0.2) is 0 Å². The van der Waals surface area contributed by atoms with Crippen molar-refractivity contribution in [3.05, 3.63) is 95.9 Å². The molecular formula is C24H19IrN2O2-. The fourth-order valence-electron chi connectivity index (χ4n) is 3.32. The van der Waals surface area contributed by atoms with Crippen molar-refractivity contribution < 1.29 is 30.0 Å². The summed E-state index contributed by atoms with van der Waals surface area (Å²) in [7, 11) is 0. The number of aromatic nitrogens is 2. The largest absolute Gasteiger partial charge is 0.477 e. The van der Waals surface area contributed by atoms with Crippen LogP contribution in [-0.2, 0) is 32.9 Å². The molecule has 2 aromatic carbocycles. The Labute approximate surface area is 183 Å². The summed E-state index contributed by atoms with van der Waals surface area (Å²) in [5.41, 5.74) is 3.82. The van der Waals surface area contributed by atoms with Crippen molar-refractivity contribution in [1.29, 1.82) is 0 Å². The van der Waals surface area contributed by atoms with E-state index in [0.717, 1.165) is 46.3 Å². The second kappa shape index (κ2) is 9.55. The van der Waals surface area contributed by atoms with Gasteiger partial charge in [0.25, 0.3) is 0 Å². The molecule has 0 aliphatic rings. The molecule has 0 atom stereocenters. The third-order valence-electron chi connectivity index (χ3n) is 4.65. The van der Waals surface area contributed by atoms with Crippen molar-refractivity contribution in [3.8, 4) is 11.3 Å². The van der Waals surface area contributed by atoms with Crippen LogP contribution in [0, 0.1) is 6.07 Å². The molecule has 0 saturated carbocycles. The first-order valence-electron chi connectivity index (χ1n) is 9.26. The molecule has 0 bridgehead atoms. The van der Waals surface area contributed by atoms with Crippen molar-refractivity contribution in [2.75, 3.05) is 0 Å². The van der Waals surface area contributed by atoms with Gasteiger partial charge >= 0.3 is 5.97 Å². The van der Waals surface area contributed by atoms with E-state index in [1.54, 1.807) is 6.07 Å². The number of benzene rings is 2. The molecule has 4 nitrogen and oxygen atoms in total. The van der Waals surface area contributed by atoms with E-state index < -0.39 is 5.97 Å². The monoisotopic (exact) mass is 560 g/mol. The van der Waals surface area contributed by atoms with Crippen molar-refractivity contribution in [3.63, 3.8) is 0 Å². The summed E-state index contributed by atoms with van der Waals surface area (Å²) in [6, 6.07) is 26.6. The predicted molar refractivity (Wildman–Crippen MR) is 109 cm³/mol. The number of carboxylic acid groups (broad SMARTS) is 1. The fraction of sp³-hybridized carbons (Fsp3) is 0.125. The number of fused-ring (bicyclic) bond motifs is 1. The van der Waals surface area contributed by atoms with Crippen molar-refractivity contribution in [2.45, 2.75) is 19.3 Å². The zero-order valence-electron chi connectivity index (χ0n) is 15.6. The Morgan fingerprint density at radius 2 is 1.69 bits per heavy atom. The standard InChI is InChI=1S/C24H19N2O2.Ir/c27-24(28)22-15-7-12-19(25-22)11-6-13-20-16-18-10-4-5-14-21(18)23(26-20)17-8-2-1-3-9-17;/h1-5,7-8,10,12,14-16H,6,11,13H2,(H,27,28);/q-1;. The summed E-state index contributed by atoms with van der Waals surface area (Å²) >= 11 is 0. The summed E-state index contributed by atoms with van der Waals surface area (Å²) in [4.78, 5) is 20.2. The van der Waals surface area contributed by atoms with Crippen molar-refractivity contribution in [2.24, 2.45) is 0 Å². The summed E-state index contributed by atoms with van der Waals surface area (Å²) in [5, 5.41) is 11.4. The number of carbonyl (C=O) groups is 1. The number of nitrogens with zero attached hydrogens (tertiary/aromatic N) is 2. The Balaban J connectivity index is 0.00000240. The first kappa shape index (κ1) is 20.8. The maximum Gasteiger partial charge on any atom is 0.354 e. The van der Waals surface area contributed by atoms with Crippen LogP contribution in [0.5, 0.6) is 0 Å². The van der Waals surface area contributed by atoms with Gasteiger partial charge in [-0.2, -0.15) is 0 Å². The molecule has 1 N–H and O–H groups in total. The summed E-state index contributed by atoms with van der Waals surface area (Å²) in [5.74, 6) is -0.998. The molecule has 29 heavy (non-hydrogen) atoms. The van der Waals surface area contributed by atoms with Gasteiger partial charge in [0.2, 0.25) is 0 Å². The van der Waals surface area contributed by atoms with Crippen LogP contribution in [0.4, 0.5) is 0 Å². The molecule has 4 aromatic rings. The molecule has 2 heterocycles. The molecule has 0 unspecified atom stereocenters. The van der Waals surface area contributed by atoms with Gasteiger partial charge in [-0.1, -0.05) is 30.3 Å². The number of pyridine rings is 2. The Kier molecular flexibility index (Phi) is 6.86. The summed E-state index contributed by atoms with van der Waals surface area (Å²) in [6.45, 7) is 0. The molecule has 2 aromatic heterocycles. The number of rotatable bonds is 6. The third kappa shape index (κ3) is 4.94. The Bertz CT molecular complexity index is 1130. The molecule has 147 valence electrons. The van der Waals surface area contributed by atoms with E-state index in [0.29, 0.717) is 6.42 Å². The van der Waals surface area contributed by atoms with Crippen LogP contribution < -0.4 is 0 Å². The van der Waals surface area contributed by atoms with E-state index in [2.05, 4.69) is 29.2 Å². The van der Waals surface area contributed by atoms with Gasteiger partial charge in [0.1, 0.15) is 5.69 Å². The van der Waals surface area contributed by atoms with Crippen LogP contribution in [0.25, 0.3) is 22.0 Å². The average Bonchev–Trinajstić information content (AvgIpc) is 2.74. The predicted octanol–water partition coefficient (Wildman–Crippen LogP) is 4.97. The number of aryl methyl sites for hydroxylation is 2. The zero-order chi connectivity index (χ0) is 19.3. The van der Waals surface area contributed by atoms with Gasteiger partial charge in [-0.3, -0.25) is 0 Å². The fourth-order valence-corrected chi connectivity index (χ4v) is 3.32. The minimum Gasteiger partial charge on any atom is -0.477 e. The van der Waals surface area contributed by atoms with E-state index in [1.165, 1.54) is 6.07 Å². The van der Waals surface area contributed by atoms with Gasteiger partial charge in [-0.15, -0.1) is 35.9 Å². The number of hydrogen-bond acceptors (Lipinski definition) is 3. The topological polar surface area (TPSA) is 63.1 Å². The Hall–Kier alpha value is -2.88. The molecule has 5 heteroatoms. The van der Waals surface area contributed by atoms with Crippen LogP contribution in [0.1, 0.15) is 28.3 Å². The Morgan fingerprint density at radius 1 is 0.897 bits per heavy atom. The average molecular weight is 560 g/mol. The van der Waals surface area contributed by atoms with Crippen LogP contribution in [0.15, 0.2) is 72.8 Å². The minimum atomic E-state index is -0.998. The van der Waals surface area contributed by atoms with Gasteiger partial charge in [0.05, 0.1) is 0 Å². The van der Waals surface area contributed by atoms with E-state index in [4.69, 9.17) is 10.1 Å². The normalized spacial score (nSPS) is 10.5. The molecule has 0 spiro atoms. The van der Waals surface area contributed by atoms with Gasteiger partial charge in [-0.05, 0) is 53.9 Å². The second-order valence-electron chi connectivity index (χ2n) is 6.63. The molecule has 0 amide bonds. The van der Waals surface area contributed by atoms with Crippen LogP contribution in [0.3, 0.4) is 0 Å². The maximum absolute atomic E-state index is 11.1. The zero-order valence-corrected chi connectivity index (χ0v) is 18.0. The van der Waals surface area contributed by atoms with Crippen LogP contribution in [0.2, 0.25) is 0 Å². The number of aromatic carboxylic acids is 1. The molecular weight excluding hydrogens is 540 g/mol.